The molecule has 0 aromatic heterocycles. The molecule has 0 aromatic carbocycles. The lowest BCUT2D eigenvalue weighted by molar-refractivity contribution is -0.116. The average molecular weight is 305 g/mol. The van der Waals surface area contributed by atoms with Crippen LogP contribution in [0.5, 0.6) is 0 Å². The number of carbonyl (C=O) groups is 1. The smallest absolute Gasteiger partial charge is 0.208 e. The molecule has 0 aromatic rings. The summed E-state index contributed by atoms with van der Waals surface area (Å²) in [4.78, 5) is 12.2. The van der Waals surface area contributed by atoms with Gasteiger partial charge in [-0.3, -0.25) is 4.79 Å². The van der Waals surface area contributed by atoms with Crippen molar-refractivity contribution in [3.63, 3.8) is 0 Å². The number of hydrogen-bond acceptors (Lipinski definition) is 1. The normalized spacial score (nSPS) is 12.7. The standard InChI is InChI=1S/C19H32OSi/c1-9-10-11-12-18(8)19(20)13-14-21(15(2)3,16(4)5)17(6)7/h15-18H,9,12H2,1-8H3/t18-/m0/s1. The van der Waals surface area contributed by atoms with Crippen molar-refractivity contribution in [3.8, 4) is 23.3 Å². The molecule has 0 aliphatic carbocycles. The van der Waals surface area contributed by atoms with Crippen LogP contribution in [0.25, 0.3) is 0 Å². The van der Waals surface area contributed by atoms with E-state index in [1.807, 2.05) is 13.8 Å². The summed E-state index contributed by atoms with van der Waals surface area (Å²) in [6, 6.07) is 0. The van der Waals surface area contributed by atoms with Gasteiger partial charge in [-0.2, -0.15) is 0 Å². The predicted molar refractivity (Wildman–Crippen MR) is 95.7 cm³/mol. The summed E-state index contributed by atoms with van der Waals surface area (Å²) < 4.78 is 0. The number of ketones is 1. The maximum Gasteiger partial charge on any atom is 0.208 e. The zero-order valence-electron chi connectivity index (χ0n) is 15.1. The van der Waals surface area contributed by atoms with E-state index in [2.05, 4.69) is 64.8 Å². The van der Waals surface area contributed by atoms with Crippen molar-refractivity contribution in [1.82, 2.24) is 0 Å². The van der Waals surface area contributed by atoms with E-state index in [-0.39, 0.29) is 11.7 Å². The van der Waals surface area contributed by atoms with Gasteiger partial charge in [-0.1, -0.05) is 55.4 Å². The summed E-state index contributed by atoms with van der Waals surface area (Å²) in [7, 11) is -1.79. The quantitative estimate of drug-likeness (QED) is 0.503. The molecule has 0 bridgehead atoms. The lowest BCUT2D eigenvalue weighted by atomic mass is 10.0. The van der Waals surface area contributed by atoms with Crippen LogP contribution in [0.1, 0.15) is 68.2 Å². The highest BCUT2D eigenvalue weighted by Gasteiger charge is 2.41. The van der Waals surface area contributed by atoms with Crippen molar-refractivity contribution >= 4 is 13.9 Å². The van der Waals surface area contributed by atoms with E-state index in [1.54, 1.807) is 0 Å². The fourth-order valence-electron chi connectivity index (χ4n) is 3.17. The molecule has 0 saturated carbocycles. The lowest BCUT2D eigenvalue weighted by Gasteiger charge is -2.38. The van der Waals surface area contributed by atoms with Crippen LogP contribution >= 0.6 is 0 Å². The molecule has 0 fully saturated rings. The Bertz CT molecular complexity index is 430. The maximum atomic E-state index is 12.2. The Hall–Kier alpha value is -0.993. The monoisotopic (exact) mass is 304 g/mol. The third kappa shape index (κ3) is 5.37. The van der Waals surface area contributed by atoms with Crippen LogP contribution in [0, 0.1) is 29.2 Å². The van der Waals surface area contributed by atoms with Gasteiger partial charge in [-0.25, -0.2) is 0 Å². The fraction of sp³-hybridized carbons (Fsp3) is 0.737. The van der Waals surface area contributed by atoms with Gasteiger partial charge in [0.1, 0.15) is 8.07 Å². The Morgan fingerprint density at radius 1 is 0.905 bits per heavy atom. The molecule has 1 atom stereocenters. The van der Waals surface area contributed by atoms with Crippen molar-refractivity contribution in [2.45, 2.75) is 84.9 Å². The first-order valence-corrected chi connectivity index (χ1v) is 10.5. The molecule has 0 amide bonds. The Morgan fingerprint density at radius 2 is 1.38 bits per heavy atom. The van der Waals surface area contributed by atoms with Gasteiger partial charge in [0.05, 0.1) is 0 Å². The molecule has 0 radical (unpaired) electrons. The predicted octanol–water partition coefficient (Wildman–Crippen LogP) is 5.22. The Labute approximate surface area is 133 Å². The van der Waals surface area contributed by atoms with E-state index >= 15 is 0 Å². The molecule has 0 aliphatic heterocycles. The van der Waals surface area contributed by atoms with E-state index in [0.717, 1.165) is 6.42 Å². The summed E-state index contributed by atoms with van der Waals surface area (Å²) in [6.07, 6.45) is 1.47. The molecule has 0 rings (SSSR count). The summed E-state index contributed by atoms with van der Waals surface area (Å²) >= 11 is 0. The van der Waals surface area contributed by atoms with E-state index in [4.69, 9.17) is 0 Å². The van der Waals surface area contributed by atoms with E-state index in [1.165, 1.54) is 0 Å². The Morgan fingerprint density at radius 3 is 1.76 bits per heavy atom. The van der Waals surface area contributed by atoms with Crippen LogP contribution in [0.3, 0.4) is 0 Å². The van der Waals surface area contributed by atoms with Crippen molar-refractivity contribution < 1.29 is 4.79 Å². The van der Waals surface area contributed by atoms with Crippen LogP contribution in [0.2, 0.25) is 16.6 Å². The second-order valence-electron chi connectivity index (χ2n) is 6.82. The highest BCUT2D eigenvalue weighted by Crippen LogP contribution is 2.40. The first-order chi connectivity index (χ1) is 9.70. The Kier molecular flexibility index (Phi) is 8.68. The highest BCUT2D eigenvalue weighted by atomic mass is 28.3. The van der Waals surface area contributed by atoms with Gasteiger partial charge in [0, 0.05) is 18.8 Å². The number of Topliss-reactive ketones (excluding diaryl/α,β-unsaturated/α-hetero) is 1. The van der Waals surface area contributed by atoms with Gasteiger partial charge in [-0.05, 0) is 22.5 Å². The Balaban J connectivity index is 5.25. The molecule has 1 nitrogen and oxygen atoms in total. The van der Waals surface area contributed by atoms with E-state index in [0.29, 0.717) is 23.0 Å². The van der Waals surface area contributed by atoms with Crippen LogP contribution < -0.4 is 0 Å². The molecular weight excluding hydrogens is 272 g/mol. The van der Waals surface area contributed by atoms with E-state index < -0.39 is 8.07 Å². The number of rotatable bonds is 5. The molecule has 0 aliphatic rings. The van der Waals surface area contributed by atoms with E-state index in [9.17, 15) is 4.79 Å². The summed E-state index contributed by atoms with van der Waals surface area (Å²) in [6.45, 7) is 17.5. The minimum Gasteiger partial charge on any atom is -0.285 e. The third-order valence-electron chi connectivity index (χ3n) is 4.43. The molecule has 0 spiro atoms. The van der Waals surface area contributed by atoms with Gasteiger partial charge in [0.2, 0.25) is 5.78 Å². The molecule has 0 heterocycles. The van der Waals surface area contributed by atoms with Crippen LogP contribution in [0.15, 0.2) is 0 Å². The van der Waals surface area contributed by atoms with Gasteiger partial charge in [0.15, 0.2) is 0 Å². The lowest BCUT2D eigenvalue weighted by Crippen LogP contribution is -2.43. The minimum absolute atomic E-state index is 0.0548. The second-order valence-corrected chi connectivity index (χ2v) is 12.4. The second kappa shape index (κ2) is 9.11. The molecule has 0 saturated heterocycles. The molecule has 118 valence electrons. The fourth-order valence-corrected chi connectivity index (χ4v) is 8.37. The SMILES string of the molecule is CCC#CC[C@H](C)C(=O)C#C[Si](C(C)C)(C(C)C)C(C)C. The summed E-state index contributed by atoms with van der Waals surface area (Å²) in [5.41, 5.74) is 5.18. The molecular formula is C19H32OSi. The molecule has 2 heteroatoms. The maximum absolute atomic E-state index is 12.2. The van der Waals surface area contributed by atoms with Crippen LogP contribution in [-0.2, 0) is 4.79 Å². The average Bonchev–Trinajstić information content (AvgIpc) is 2.37. The third-order valence-corrected chi connectivity index (χ3v) is 10.7. The first kappa shape index (κ1) is 20.0. The largest absolute Gasteiger partial charge is 0.285 e. The zero-order valence-corrected chi connectivity index (χ0v) is 16.1. The van der Waals surface area contributed by atoms with Gasteiger partial charge < -0.3 is 0 Å². The topological polar surface area (TPSA) is 17.1 Å². The van der Waals surface area contributed by atoms with Crippen molar-refractivity contribution in [2.75, 3.05) is 0 Å². The van der Waals surface area contributed by atoms with Crippen LogP contribution in [-0.4, -0.2) is 13.9 Å². The van der Waals surface area contributed by atoms with Gasteiger partial charge in [-0.15, -0.1) is 17.4 Å². The van der Waals surface area contributed by atoms with Crippen molar-refractivity contribution in [1.29, 1.82) is 0 Å². The van der Waals surface area contributed by atoms with Crippen molar-refractivity contribution in [3.05, 3.63) is 0 Å². The van der Waals surface area contributed by atoms with Gasteiger partial charge in [0.25, 0.3) is 0 Å². The van der Waals surface area contributed by atoms with Crippen LogP contribution in [0.4, 0.5) is 0 Å². The number of hydrogen-bond donors (Lipinski definition) is 0. The molecule has 0 N–H and O–H groups in total. The van der Waals surface area contributed by atoms with Crippen molar-refractivity contribution in [2.24, 2.45) is 5.92 Å². The first-order valence-electron chi connectivity index (χ1n) is 8.22. The summed E-state index contributed by atoms with van der Waals surface area (Å²) in [5.74, 6) is 9.05. The number of carbonyl (C=O) groups excluding carboxylic acids is 1. The molecule has 21 heavy (non-hydrogen) atoms. The highest BCUT2D eigenvalue weighted by molar-refractivity contribution is 6.90. The summed E-state index contributed by atoms with van der Waals surface area (Å²) in [5, 5.41) is 0. The molecule has 0 unspecified atom stereocenters. The van der Waals surface area contributed by atoms with Gasteiger partial charge >= 0.3 is 0 Å². The zero-order chi connectivity index (χ0) is 16.6. The minimum atomic E-state index is -1.79.